The Balaban J connectivity index is 2.08. The Labute approximate surface area is 133 Å². The molecule has 0 fully saturated rings. The summed E-state index contributed by atoms with van der Waals surface area (Å²) in [7, 11) is 0. The van der Waals surface area contributed by atoms with E-state index < -0.39 is 0 Å². The molecule has 3 nitrogen and oxygen atoms in total. The molecule has 0 amide bonds. The largest absolute Gasteiger partial charge is 0.392 e. The Kier molecular flexibility index (Phi) is 4.09. The molecule has 22 heavy (non-hydrogen) atoms. The van der Waals surface area contributed by atoms with Gasteiger partial charge in [-0.2, -0.15) is 0 Å². The Morgan fingerprint density at radius 2 is 1.91 bits per heavy atom. The van der Waals surface area contributed by atoms with Gasteiger partial charge in [0.1, 0.15) is 0 Å². The van der Waals surface area contributed by atoms with Crippen molar-refractivity contribution >= 4 is 0 Å². The molecule has 1 aromatic carbocycles. The third-order valence-corrected chi connectivity index (χ3v) is 4.79. The molecule has 1 aliphatic rings. The zero-order valence-corrected chi connectivity index (χ0v) is 13.9. The molecule has 0 spiro atoms. The van der Waals surface area contributed by atoms with Gasteiger partial charge in [0.25, 0.3) is 0 Å². The van der Waals surface area contributed by atoms with Crippen LogP contribution in [0.4, 0.5) is 0 Å². The average Bonchev–Trinajstić information content (AvgIpc) is 3.04. The van der Waals surface area contributed by atoms with Gasteiger partial charge < -0.3 is 9.67 Å². The molecule has 1 aromatic heterocycles. The Morgan fingerprint density at radius 3 is 2.59 bits per heavy atom. The van der Waals surface area contributed by atoms with Crippen LogP contribution in [0, 0.1) is 17.8 Å². The van der Waals surface area contributed by atoms with Crippen LogP contribution in [-0.4, -0.2) is 20.8 Å². The lowest BCUT2D eigenvalue weighted by Gasteiger charge is -2.33. The smallest absolute Gasteiger partial charge is 0.0956 e. The van der Waals surface area contributed by atoms with Gasteiger partial charge in [-0.1, -0.05) is 52.0 Å². The Morgan fingerprint density at radius 1 is 1.18 bits per heavy atom. The highest BCUT2D eigenvalue weighted by Gasteiger charge is 2.38. The number of hydrogen-bond donors (Lipinski definition) is 1. The normalized spacial score (nSPS) is 19.3. The number of nitrogens with zero attached hydrogens (tertiary/aromatic N) is 2. The zero-order chi connectivity index (χ0) is 15.9. The fourth-order valence-electron chi connectivity index (χ4n) is 3.80. The van der Waals surface area contributed by atoms with E-state index in [4.69, 9.17) is 0 Å². The molecule has 0 radical (unpaired) electrons. The first-order chi connectivity index (χ1) is 10.5. The number of aliphatic hydroxyl groups is 1. The molecule has 3 unspecified atom stereocenters. The van der Waals surface area contributed by atoms with Gasteiger partial charge in [0.05, 0.1) is 30.4 Å². The Bertz CT molecular complexity index is 644. The van der Waals surface area contributed by atoms with Crippen molar-refractivity contribution in [3.8, 4) is 11.3 Å². The third kappa shape index (κ3) is 2.48. The monoisotopic (exact) mass is 298 g/mol. The highest BCUT2D eigenvalue weighted by molar-refractivity contribution is 5.69. The molecule has 0 bridgehead atoms. The molecule has 0 aliphatic carbocycles. The van der Waals surface area contributed by atoms with Crippen LogP contribution in [0.25, 0.3) is 11.3 Å². The van der Waals surface area contributed by atoms with Crippen LogP contribution in [0.1, 0.15) is 45.7 Å². The molecule has 1 N–H and O–H groups in total. The third-order valence-electron chi connectivity index (χ3n) is 4.79. The van der Waals surface area contributed by atoms with Crippen molar-refractivity contribution in [1.82, 2.24) is 9.55 Å². The molecule has 1 aliphatic heterocycles. The summed E-state index contributed by atoms with van der Waals surface area (Å²) in [6.07, 6.45) is 4.55. The zero-order valence-electron chi connectivity index (χ0n) is 13.9. The number of aliphatic hydroxyl groups excluding tert-OH is 1. The maximum atomic E-state index is 10.9. The van der Waals surface area contributed by atoms with E-state index in [0.29, 0.717) is 5.92 Å². The number of imidazole rings is 1. The molecule has 3 rings (SSSR count). The van der Waals surface area contributed by atoms with Gasteiger partial charge in [-0.15, -0.1) is 0 Å². The van der Waals surface area contributed by atoms with Gasteiger partial charge in [0.15, 0.2) is 0 Å². The fraction of sp³-hybridized carbons (Fsp3) is 0.526. The second-order valence-corrected chi connectivity index (χ2v) is 7.25. The van der Waals surface area contributed by atoms with E-state index in [1.54, 1.807) is 0 Å². The lowest BCUT2D eigenvalue weighted by Crippen LogP contribution is -2.34. The van der Waals surface area contributed by atoms with Crippen LogP contribution in [-0.2, 0) is 0 Å². The minimum absolute atomic E-state index is 0.188. The number of benzene rings is 1. The molecule has 0 saturated carbocycles. The average molecular weight is 298 g/mol. The molecule has 3 atom stereocenters. The first-order valence-corrected chi connectivity index (χ1v) is 8.30. The number of fused-ring (bicyclic) bond motifs is 3. The van der Waals surface area contributed by atoms with Crippen LogP contribution in [0.3, 0.4) is 0 Å². The van der Waals surface area contributed by atoms with Crippen molar-refractivity contribution in [3.63, 3.8) is 0 Å². The van der Waals surface area contributed by atoms with Gasteiger partial charge in [0.2, 0.25) is 0 Å². The van der Waals surface area contributed by atoms with E-state index in [1.165, 1.54) is 16.8 Å². The number of aromatic nitrogens is 2. The van der Waals surface area contributed by atoms with Crippen molar-refractivity contribution in [2.45, 2.75) is 46.3 Å². The molecule has 2 aromatic rings. The number of rotatable bonds is 5. The van der Waals surface area contributed by atoms with E-state index in [0.717, 1.165) is 6.42 Å². The van der Waals surface area contributed by atoms with Crippen molar-refractivity contribution in [2.24, 2.45) is 17.8 Å². The summed E-state index contributed by atoms with van der Waals surface area (Å²) in [6.45, 7) is 8.67. The lowest BCUT2D eigenvalue weighted by molar-refractivity contribution is 0.0364. The van der Waals surface area contributed by atoms with E-state index in [-0.39, 0.29) is 24.0 Å². The summed E-state index contributed by atoms with van der Waals surface area (Å²) in [5.41, 5.74) is 3.75. The minimum atomic E-state index is -0.311. The SMILES string of the molecule is CC(C)CC(C(O)C(C)C)C1c2ccccc2-c2cncn21. The molecule has 0 saturated heterocycles. The maximum absolute atomic E-state index is 10.9. The lowest BCUT2D eigenvalue weighted by atomic mass is 9.79. The predicted octanol–water partition coefficient (Wildman–Crippen LogP) is 4.13. The van der Waals surface area contributed by atoms with Crippen LogP contribution >= 0.6 is 0 Å². The topological polar surface area (TPSA) is 38.1 Å². The second-order valence-electron chi connectivity index (χ2n) is 7.25. The highest BCUT2D eigenvalue weighted by atomic mass is 16.3. The highest BCUT2D eigenvalue weighted by Crippen LogP contribution is 2.46. The molecule has 3 heteroatoms. The van der Waals surface area contributed by atoms with Crippen LogP contribution in [0.5, 0.6) is 0 Å². The van der Waals surface area contributed by atoms with Gasteiger partial charge >= 0.3 is 0 Å². The molecule has 2 heterocycles. The minimum Gasteiger partial charge on any atom is -0.392 e. The van der Waals surface area contributed by atoms with Gasteiger partial charge in [0, 0.05) is 11.5 Å². The predicted molar refractivity (Wildman–Crippen MR) is 89.6 cm³/mol. The van der Waals surface area contributed by atoms with Crippen LogP contribution in [0.15, 0.2) is 36.8 Å². The van der Waals surface area contributed by atoms with Gasteiger partial charge in [-0.05, 0) is 23.8 Å². The summed E-state index contributed by atoms with van der Waals surface area (Å²) in [4.78, 5) is 4.34. The standard InChI is InChI=1S/C19H26N2O/c1-12(2)9-16(19(22)13(3)4)18-15-8-6-5-7-14(15)17-10-20-11-21(17)18/h5-8,10-13,16,18-19,22H,9H2,1-4H3. The summed E-state index contributed by atoms with van der Waals surface area (Å²) in [5, 5.41) is 10.9. The molecular weight excluding hydrogens is 272 g/mol. The first-order valence-electron chi connectivity index (χ1n) is 8.30. The quantitative estimate of drug-likeness (QED) is 0.901. The first kappa shape index (κ1) is 15.3. The fourth-order valence-corrected chi connectivity index (χ4v) is 3.80. The maximum Gasteiger partial charge on any atom is 0.0956 e. The van der Waals surface area contributed by atoms with Crippen molar-refractivity contribution in [3.05, 3.63) is 42.4 Å². The van der Waals surface area contributed by atoms with E-state index in [1.807, 2.05) is 12.5 Å². The van der Waals surface area contributed by atoms with Gasteiger partial charge in [-0.25, -0.2) is 4.98 Å². The van der Waals surface area contributed by atoms with Crippen LogP contribution in [0.2, 0.25) is 0 Å². The second kappa shape index (κ2) is 5.88. The van der Waals surface area contributed by atoms with Crippen molar-refractivity contribution in [2.75, 3.05) is 0 Å². The number of hydrogen-bond acceptors (Lipinski definition) is 2. The van der Waals surface area contributed by atoms with E-state index >= 15 is 0 Å². The molecular formula is C19H26N2O. The summed E-state index contributed by atoms with van der Waals surface area (Å²) in [5.74, 6) is 1.01. The van der Waals surface area contributed by atoms with Crippen LogP contribution < -0.4 is 0 Å². The summed E-state index contributed by atoms with van der Waals surface area (Å²) >= 11 is 0. The summed E-state index contributed by atoms with van der Waals surface area (Å²) < 4.78 is 2.25. The van der Waals surface area contributed by atoms with E-state index in [2.05, 4.69) is 61.5 Å². The summed E-state index contributed by atoms with van der Waals surface area (Å²) in [6, 6.07) is 8.73. The molecule has 118 valence electrons. The van der Waals surface area contributed by atoms with Crippen molar-refractivity contribution in [1.29, 1.82) is 0 Å². The van der Waals surface area contributed by atoms with Crippen molar-refractivity contribution < 1.29 is 5.11 Å². The Hall–Kier alpha value is -1.61. The van der Waals surface area contributed by atoms with Gasteiger partial charge in [-0.3, -0.25) is 0 Å². The van der Waals surface area contributed by atoms with E-state index in [9.17, 15) is 5.11 Å².